The second kappa shape index (κ2) is 12.6. The second-order valence-corrected chi connectivity index (χ2v) is 7.82. The maximum atomic E-state index is 12.1. The van der Waals surface area contributed by atoms with Gasteiger partial charge >= 0.3 is 5.97 Å². The van der Waals surface area contributed by atoms with E-state index in [1.54, 1.807) is 0 Å². The van der Waals surface area contributed by atoms with Crippen molar-refractivity contribution in [2.75, 3.05) is 13.2 Å². The Bertz CT molecular complexity index is 580. The number of hydroxylamine groups is 1. The molecule has 2 bridgehead atoms. The van der Waals surface area contributed by atoms with Crippen LogP contribution in [0.3, 0.4) is 0 Å². The van der Waals surface area contributed by atoms with Gasteiger partial charge in [-0.2, -0.15) is 0 Å². The lowest BCUT2D eigenvalue weighted by atomic mass is 9.77. The number of amides is 2. The smallest absolute Gasteiger partial charge is 0.303 e. The van der Waals surface area contributed by atoms with E-state index in [9.17, 15) is 14.4 Å². The Morgan fingerprint density at radius 1 is 1.10 bits per heavy atom. The predicted octanol–water partition coefficient (Wildman–Crippen LogP) is 2.34. The zero-order valence-corrected chi connectivity index (χ0v) is 17.2. The third kappa shape index (κ3) is 8.14. The molecule has 0 spiro atoms. The average molecular weight is 411 g/mol. The molecule has 2 fully saturated rings. The van der Waals surface area contributed by atoms with Crippen molar-refractivity contribution in [1.29, 1.82) is 0 Å². The van der Waals surface area contributed by atoms with Gasteiger partial charge in [-0.05, 0) is 44.4 Å². The zero-order chi connectivity index (χ0) is 21.1. The summed E-state index contributed by atoms with van der Waals surface area (Å²) in [7, 11) is 0. The Morgan fingerprint density at radius 3 is 2.59 bits per heavy atom. The third-order valence-electron chi connectivity index (χ3n) is 5.57. The van der Waals surface area contributed by atoms with E-state index < -0.39 is 11.9 Å². The molecule has 8 nitrogen and oxygen atoms in total. The monoisotopic (exact) mass is 410 g/mol. The van der Waals surface area contributed by atoms with Gasteiger partial charge in [0.15, 0.2) is 0 Å². The van der Waals surface area contributed by atoms with Crippen LogP contribution >= 0.6 is 0 Å². The number of ether oxygens (including phenoxy) is 1. The summed E-state index contributed by atoms with van der Waals surface area (Å²) in [6, 6.07) is 0. The molecule has 0 radical (unpaired) electrons. The number of aliphatic carboxylic acids is 1. The summed E-state index contributed by atoms with van der Waals surface area (Å²) in [4.78, 5) is 39.3. The Kier molecular flexibility index (Phi) is 10.1. The van der Waals surface area contributed by atoms with Crippen molar-refractivity contribution in [3.05, 3.63) is 12.2 Å². The number of rotatable bonds is 14. The number of hydrogen-bond donors (Lipinski definition) is 3. The summed E-state index contributed by atoms with van der Waals surface area (Å²) in [5, 5.41) is 11.5. The highest BCUT2D eigenvalue weighted by Gasteiger charge is 2.47. The standard InChI is InChI=1S/C21H34N2O6/c1-2-3-12-28-23-20(25)13-19(24)22-14-16-15(17-10-11-18(16)29-17)8-6-4-5-7-9-21(26)27/h4,6,15-18H,2-3,5,7-14H2,1H3,(H,22,24)(H,23,25)(H,26,27)/b6-4-/t15-,16+,17-,18+/m1/s1. The van der Waals surface area contributed by atoms with Gasteiger partial charge in [-0.15, -0.1) is 0 Å². The minimum absolute atomic E-state index is 0.164. The van der Waals surface area contributed by atoms with Gasteiger partial charge in [-0.3, -0.25) is 19.2 Å². The molecule has 8 heteroatoms. The van der Waals surface area contributed by atoms with Gasteiger partial charge in [-0.1, -0.05) is 25.5 Å². The number of unbranched alkanes of at least 4 members (excludes halogenated alkanes) is 2. The molecular formula is C21H34N2O6. The fourth-order valence-corrected chi connectivity index (χ4v) is 4.05. The van der Waals surface area contributed by atoms with Crippen molar-refractivity contribution >= 4 is 17.8 Å². The molecule has 2 aliphatic rings. The van der Waals surface area contributed by atoms with E-state index in [4.69, 9.17) is 14.7 Å². The zero-order valence-electron chi connectivity index (χ0n) is 17.2. The van der Waals surface area contributed by atoms with Gasteiger partial charge in [0.05, 0.1) is 18.8 Å². The van der Waals surface area contributed by atoms with Crippen LogP contribution in [0.1, 0.15) is 64.7 Å². The van der Waals surface area contributed by atoms with Crippen LogP contribution < -0.4 is 10.8 Å². The van der Waals surface area contributed by atoms with Crippen LogP contribution in [0.15, 0.2) is 12.2 Å². The van der Waals surface area contributed by atoms with Crippen molar-refractivity contribution in [1.82, 2.24) is 10.8 Å². The normalized spacial score (nSPS) is 25.4. The Hall–Kier alpha value is -1.93. The molecule has 0 aliphatic carbocycles. The summed E-state index contributed by atoms with van der Waals surface area (Å²) in [5.74, 6) is -0.936. The fourth-order valence-electron chi connectivity index (χ4n) is 4.05. The van der Waals surface area contributed by atoms with Crippen molar-refractivity contribution in [3.63, 3.8) is 0 Å². The lowest BCUT2D eigenvalue weighted by Gasteiger charge is -2.27. The van der Waals surface area contributed by atoms with Gasteiger partial charge in [0.25, 0.3) is 5.91 Å². The molecule has 4 atom stereocenters. The van der Waals surface area contributed by atoms with Gasteiger partial charge < -0.3 is 15.2 Å². The summed E-state index contributed by atoms with van der Waals surface area (Å²) >= 11 is 0. The number of carboxylic acids is 1. The number of hydrogen-bond acceptors (Lipinski definition) is 5. The molecule has 2 aliphatic heterocycles. The first kappa shape index (κ1) is 23.3. The van der Waals surface area contributed by atoms with E-state index >= 15 is 0 Å². The minimum atomic E-state index is -0.767. The van der Waals surface area contributed by atoms with Crippen LogP contribution in [0, 0.1) is 11.8 Å². The topological polar surface area (TPSA) is 114 Å². The van der Waals surface area contributed by atoms with Gasteiger partial charge in [0, 0.05) is 18.9 Å². The molecule has 164 valence electrons. The second-order valence-electron chi connectivity index (χ2n) is 7.82. The Morgan fingerprint density at radius 2 is 1.86 bits per heavy atom. The quantitative estimate of drug-likeness (QED) is 0.175. The van der Waals surface area contributed by atoms with Gasteiger partial charge in [-0.25, -0.2) is 5.48 Å². The number of carbonyl (C=O) groups is 3. The molecule has 0 aromatic rings. The highest BCUT2D eigenvalue weighted by Crippen LogP contribution is 2.44. The lowest BCUT2D eigenvalue weighted by Crippen LogP contribution is -2.39. The van der Waals surface area contributed by atoms with Crippen LogP contribution in [0.4, 0.5) is 0 Å². The van der Waals surface area contributed by atoms with Crippen LogP contribution in [0.5, 0.6) is 0 Å². The van der Waals surface area contributed by atoms with E-state index in [1.165, 1.54) is 0 Å². The molecule has 2 amide bonds. The van der Waals surface area contributed by atoms with Crippen molar-refractivity contribution in [3.8, 4) is 0 Å². The van der Waals surface area contributed by atoms with Gasteiger partial charge in [0.2, 0.25) is 5.91 Å². The first-order chi connectivity index (χ1) is 14.0. The summed E-state index contributed by atoms with van der Waals surface area (Å²) < 4.78 is 6.03. The Labute approximate surface area is 172 Å². The minimum Gasteiger partial charge on any atom is -0.481 e. The highest BCUT2D eigenvalue weighted by molar-refractivity contribution is 5.96. The fraction of sp³-hybridized carbons (Fsp3) is 0.762. The van der Waals surface area contributed by atoms with Gasteiger partial charge in [0.1, 0.15) is 6.42 Å². The molecule has 0 unspecified atom stereocenters. The molecule has 2 saturated heterocycles. The molecule has 2 rings (SSSR count). The molecule has 3 N–H and O–H groups in total. The van der Waals surface area contributed by atoms with Crippen LogP contribution in [-0.2, 0) is 24.0 Å². The number of carbonyl (C=O) groups excluding carboxylic acids is 2. The maximum absolute atomic E-state index is 12.1. The number of nitrogens with one attached hydrogen (secondary N) is 2. The van der Waals surface area contributed by atoms with Crippen LogP contribution in [0.2, 0.25) is 0 Å². The largest absolute Gasteiger partial charge is 0.481 e. The first-order valence-electron chi connectivity index (χ1n) is 10.7. The third-order valence-corrected chi connectivity index (χ3v) is 5.57. The van der Waals surface area contributed by atoms with Crippen molar-refractivity contribution in [2.24, 2.45) is 11.8 Å². The number of carboxylic acid groups (broad SMARTS) is 1. The van der Waals surface area contributed by atoms with E-state index in [2.05, 4.69) is 16.9 Å². The number of allylic oxidation sites excluding steroid dienone is 2. The molecule has 0 aromatic carbocycles. The van der Waals surface area contributed by atoms with E-state index in [0.717, 1.165) is 38.5 Å². The lowest BCUT2D eigenvalue weighted by molar-refractivity contribution is -0.138. The summed E-state index contributed by atoms with van der Waals surface area (Å²) in [5.41, 5.74) is 2.29. The van der Waals surface area contributed by atoms with E-state index in [0.29, 0.717) is 25.5 Å². The molecule has 0 aromatic heterocycles. The van der Waals surface area contributed by atoms with Crippen molar-refractivity contribution in [2.45, 2.75) is 76.9 Å². The maximum Gasteiger partial charge on any atom is 0.303 e. The van der Waals surface area contributed by atoms with E-state index in [1.807, 2.05) is 13.0 Å². The number of fused-ring (bicyclic) bond motifs is 2. The van der Waals surface area contributed by atoms with E-state index in [-0.39, 0.29) is 36.9 Å². The SMILES string of the molecule is CCCCONC(=O)CC(=O)NC[C@H]1[C@@H](C/C=C\CCCC(=O)O)[C@H]2CC[C@@H]1O2. The Balaban J connectivity index is 1.69. The predicted molar refractivity (Wildman–Crippen MR) is 107 cm³/mol. The average Bonchev–Trinajstić information content (AvgIpc) is 3.28. The highest BCUT2D eigenvalue weighted by atomic mass is 16.6. The van der Waals surface area contributed by atoms with Crippen LogP contribution in [0.25, 0.3) is 0 Å². The molecule has 0 saturated carbocycles. The molecule has 2 heterocycles. The summed E-state index contributed by atoms with van der Waals surface area (Å²) in [6.45, 7) is 2.97. The molecular weight excluding hydrogens is 376 g/mol. The molecule has 29 heavy (non-hydrogen) atoms. The van der Waals surface area contributed by atoms with Crippen LogP contribution in [-0.4, -0.2) is 48.2 Å². The first-order valence-corrected chi connectivity index (χ1v) is 10.7. The summed E-state index contributed by atoms with van der Waals surface area (Å²) in [6.07, 6.45) is 10.6. The van der Waals surface area contributed by atoms with Crippen molar-refractivity contribution < 1.29 is 29.1 Å².